The molecule has 4 heteroatoms. The molecule has 1 atom stereocenters. The van der Waals surface area contributed by atoms with Crippen molar-refractivity contribution >= 4 is 11.6 Å². The van der Waals surface area contributed by atoms with Gasteiger partial charge in [-0.05, 0) is 26.0 Å². The van der Waals surface area contributed by atoms with Crippen LogP contribution in [0.25, 0.3) is 0 Å². The summed E-state index contributed by atoms with van der Waals surface area (Å²) in [5, 5.41) is 11.8. The molecule has 0 fully saturated rings. The minimum absolute atomic E-state index is 0.0608. The number of carbonyl (C=O) groups is 1. The Morgan fingerprint density at radius 3 is 2.78 bits per heavy atom. The van der Waals surface area contributed by atoms with Crippen LogP contribution in [0.1, 0.15) is 30.6 Å². The highest BCUT2D eigenvalue weighted by molar-refractivity contribution is 5.99. The van der Waals surface area contributed by atoms with Crippen molar-refractivity contribution in [2.75, 3.05) is 18.9 Å². The molecule has 0 spiro atoms. The van der Waals surface area contributed by atoms with E-state index in [-0.39, 0.29) is 11.9 Å². The van der Waals surface area contributed by atoms with Gasteiger partial charge in [0.25, 0.3) is 5.91 Å². The Bertz CT molecular complexity index is 451. The van der Waals surface area contributed by atoms with Gasteiger partial charge in [0.15, 0.2) is 0 Å². The molecule has 0 aliphatic heterocycles. The van der Waals surface area contributed by atoms with Crippen molar-refractivity contribution in [2.24, 2.45) is 0 Å². The van der Waals surface area contributed by atoms with Crippen LogP contribution in [0, 0.1) is 11.3 Å². The number of hydrogen-bond donors (Lipinski definition) is 1. The molecule has 18 heavy (non-hydrogen) atoms. The highest BCUT2D eigenvalue weighted by atomic mass is 16.2. The lowest BCUT2D eigenvalue weighted by Crippen LogP contribution is -2.35. The lowest BCUT2D eigenvalue weighted by Gasteiger charge is -2.24. The summed E-state index contributed by atoms with van der Waals surface area (Å²) in [6.07, 6.45) is 0.339. The Kier molecular flexibility index (Phi) is 5.19. The fourth-order valence-electron chi connectivity index (χ4n) is 1.67. The van der Waals surface area contributed by atoms with Crippen LogP contribution in [0.3, 0.4) is 0 Å². The van der Waals surface area contributed by atoms with Crippen molar-refractivity contribution in [3.8, 4) is 6.07 Å². The number of benzene rings is 1. The number of nitrogens with zero attached hydrogens (tertiary/aromatic N) is 2. The number of anilines is 1. The molecular formula is C14H19N3O. The average molecular weight is 245 g/mol. The van der Waals surface area contributed by atoms with E-state index in [9.17, 15) is 4.79 Å². The van der Waals surface area contributed by atoms with E-state index in [1.54, 1.807) is 18.0 Å². The van der Waals surface area contributed by atoms with Gasteiger partial charge in [-0.1, -0.05) is 12.1 Å². The van der Waals surface area contributed by atoms with Crippen molar-refractivity contribution in [3.63, 3.8) is 0 Å². The molecule has 0 aliphatic rings. The molecule has 0 bridgehead atoms. The minimum Gasteiger partial charge on any atom is -0.385 e. The highest BCUT2D eigenvalue weighted by Crippen LogP contribution is 2.18. The molecule has 0 saturated carbocycles. The van der Waals surface area contributed by atoms with E-state index in [2.05, 4.69) is 11.4 Å². The first-order chi connectivity index (χ1) is 8.61. The topological polar surface area (TPSA) is 56.1 Å². The van der Waals surface area contributed by atoms with Crippen LogP contribution in [0.2, 0.25) is 0 Å². The molecule has 4 nitrogen and oxygen atoms in total. The molecule has 1 N–H and O–H groups in total. The first kappa shape index (κ1) is 14.0. The van der Waals surface area contributed by atoms with E-state index >= 15 is 0 Å². The van der Waals surface area contributed by atoms with E-state index in [0.717, 1.165) is 12.2 Å². The molecular weight excluding hydrogens is 226 g/mol. The molecule has 1 aromatic carbocycles. The zero-order valence-electron chi connectivity index (χ0n) is 11.1. The third-order valence-corrected chi connectivity index (χ3v) is 2.89. The van der Waals surface area contributed by atoms with Crippen molar-refractivity contribution in [1.82, 2.24) is 4.90 Å². The third-order valence-electron chi connectivity index (χ3n) is 2.89. The molecule has 1 amide bonds. The van der Waals surface area contributed by atoms with Gasteiger partial charge in [0.1, 0.15) is 0 Å². The Labute approximate surface area is 108 Å². The second-order valence-electron chi connectivity index (χ2n) is 4.20. The maximum atomic E-state index is 12.3. The van der Waals surface area contributed by atoms with Gasteiger partial charge in [-0.25, -0.2) is 0 Å². The fourth-order valence-corrected chi connectivity index (χ4v) is 1.67. The van der Waals surface area contributed by atoms with Crippen molar-refractivity contribution < 1.29 is 4.79 Å². The van der Waals surface area contributed by atoms with Crippen LogP contribution in [0.5, 0.6) is 0 Å². The summed E-state index contributed by atoms with van der Waals surface area (Å²) in [5.41, 5.74) is 1.48. The average Bonchev–Trinajstić information content (AvgIpc) is 2.38. The van der Waals surface area contributed by atoms with Crippen molar-refractivity contribution in [1.29, 1.82) is 5.26 Å². The van der Waals surface area contributed by atoms with Crippen molar-refractivity contribution in [3.05, 3.63) is 29.8 Å². The Balaban J connectivity index is 2.93. The van der Waals surface area contributed by atoms with E-state index < -0.39 is 0 Å². The van der Waals surface area contributed by atoms with Crippen LogP contribution in [0.15, 0.2) is 24.3 Å². The number of rotatable bonds is 5. The van der Waals surface area contributed by atoms with Crippen molar-refractivity contribution in [2.45, 2.75) is 26.3 Å². The smallest absolute Gasteiger partial charge is 0.255 e. The van der Waals surface area contributed by atoms with Gasteiger partial charge in [-0.2, -0.15) is 5.26 Å². The van der Waals surface area contributed by atoms with Gasteiger partial charge in [-0.3, -0.25) is 4.79 Å². The molecule has 96 valence electrons. The Hall–Kier alpha value is -2.02. The van der Waals surface area contributed by atoms with Crippen LogP contribution < -0.4 is 5.32 Å². The number of hydrogen-bond acceptors (Lipinski definition) is 3. The molecule has 0 heterocycles. The number of nitrogens with one attached hydrogen (secondary N) is 1. The first-order valence-electron chi connectivity index (χ1n) is 6.08. The van der Waals surface area contributed by atoms with Crippen LogP contribution in [-0.2, 0) is 0 Å². The SMILES string of the molecule is CCNc1ccccc1C(=O)N(C)C(C)CC#N. The maximum absolute atomic E-state index is 12.3. The summed E-state index contributed by atoms with van der Waals surface area (Å²) >= 11 is 0. The summed E-state index contributed by atoms with van der Waals surface area (Å²) in [4.78, 5) is 13.9. The Morgan fingerprint density at radius 2 is 2.17 bits per heavy atom. The fraction of sp³-hybridized carbons (Fsp3) is 0.429. The van der Waals surface area contributed by atoms with Gasteiger partial charge in [0.2, 0.25) is 0 Å². The molecule has 0 aliphatic carbocycles. The predicted octanol–water partition coefficient (Wildman–Crippen LogP) is 2.49. The second-order valence-corrected chi connectivity index (χ2v) is 4.20. The van der Waals surface area contributed by atoms with E-state index in [1.165, 1.54) is 0 Å². The van der Waals surface area contributed by atoms with Gasteiger partial charge in [-0.15, -0.1) is 0 Å². The van der Waals surface area contributed by atoms with E-state index in [4.69, 9.17) is 5.26 Å². The first-order valence-corrected chi connectivity index (χ1v) is 6.08. The Morgan fingerprint density at radius 1 is 1.50 bits per heavy atom. The third kappa shape index (κ3) is 3.24. The zero-order valence-corrected chi connectivity index (χ0v) is 11.1. The predicted molar refractivity (Wildman–Crippen MR) is 72.4 cm³/mol. The van der Waals surface area contributed by atoms with Crippen LogP contribution in [-0.4, -0.2) is 30.4 Å². The molecule has 1 unspecified atom stereocenters. The highest BCUT2D eigenvalue weighted by Gasteiger charge is 2.19. The number of carbonyl (C=O) groups excluding carboxylic acids is 1. The van der Waals surface area contributed by atoms with Crippen LogP contribution in [0.4, 0.5) is 5.69 Å². The molecule has 0 aromatic heterocycles. The number of amides is 1. The number of para-hydroxylation sites is 1. The molecule has 1 rings (SSSR count). The largest absolute Gasteiger partial charge is 0.385 e. The normalized spacial score (nSPS) is 11.4. The maximum Gasteiger partial charge on any atom is 0.255 e. The summed E-state index contributed by atoms with van der Waals surface area (Å²) in [7, 11) is 1.73. The van der Waals surface area contributed by atoms with Gasteiger partial charge < -0.3 is 10.2 Å². The van der Waals surface area contributed by atoms with Crippen LogP contribution >= 0.6 is 0 Å². The van der Waals surface area contributed by atoms with E-state index in [0.29, 0.717) is 12.0 Å². The molecule has 1 aromatic rings. The molecule has 0 radical (unpaired) electrons. The summed E-state index contributed by atoms with van der Waals surface area (Å²) in [6.45, 7) is 4.63. The lowest BCUT2D eigenvalue weighted by molar-refractivity contribution is 0.0747. The second kappa shape index (κ2) is 6.65. The van der Waals surface area contributed by atoms with Gasteiger partial charge in [0, 0.05) is 25.3 Å². The zero-order chi connectivity index (χ0) is 13.5. The summed E-state index contributed by atoms with van der Waals surface area (Å²) in [6, 6.07) is 9.43. The quantitative estimate of drug-likeness (QED) is 0.867. The molecule has 0 saturated heterocycles. The summed E-state index contributed by atoms with van der Waals surface area (Å²) in [5.74, 6) is -0.0608. The van der Waals surface area contributed by atoms with Gasteiger partial charge >= 0.3 is 0 Å². The lowest BCUT2D eigenvalue weighted by atomic mass is 10.1. The minimum atomic E-state index is -0.0859. The summed E-state index contributed by atoms with van der Waals surface area (Å²) < 4.78 is 0. The number of nitriles is 1. The standard InChI is InChI=1S/C14H19N3O/c1-4-16-13-8-6-5-7-12(13)14(18)17(3)11(2)9-10-15/h5-8,11,16H,4,9H2,1-3H3. The van der Waals surface area contributed by atoms with Gasteiger partial charge in [0.05, 0.1) is 18.1 Å². The van der Waals surface area contributed by atoms with E-state index in [1.807, 2.05) is 32.0 Å². The monoisotopic (exact) mass is 245 g/mol.